The number of nitrogens with one attached hydrogen (secondary N) is 1. The number of ketones is 1. The van der Waals surface area contributed by atoms with Gasteiger partial charge in [0, 0.05) is 17.8 Å². The van der Waals surface area contributed by atoms with Crippen molar-refractivity contribution in [3.05, 3.63) is 101 Å². The van der Waals surface area contributed by atoms with E-state index < -0.39 is 6.10 Å². The van der Waals surface area contributed by atoms with Gasteiger partial charge in [0.25, 0.3) is 0 Å². The molecule has 0 aliphatic rings. The zero-order valence-electron chi connectivity index (χ0n) is 20.6. The van der Waals surface area contributed by atoms with Crippen LogP contribution < -0.4 is 5.32 Å². The van der Waals surface area contributed by atoms with Crippen molar-refractivity contribution in [2.45, 2.75) is 59.5 Å². The molecular formula is C30H39NO2. The van der Waals surface area contributed by atoms with Gasteiger partial charge >= 0.3 is 0 Å². The fraction of sp³-hybridized carbons (Fsp3) is 0.367. The summed E-state index contributed by atoms with van der Waals surface area (Å²) in [6.45, 7) is 9.48. The van der Waals surface area contributed by atoms with Crippen molar-refractivity contribution in [3.8, 4) is 0 Å². The van der Waals surface area contributed by atoms with Gasteiger partial charge in [-0.1, -0.05) is 83.5 Å². The number of allylic oxidation sites excluding steroid dienone is 5. The van der Waals surface area contributed by atoms with Crippen molar-refractivity contribution in [3.63, 3.8) is 0 Å². The molecule has 33 heavy (non-hydrogen) atoms. The second-order valence-corrected chi connectivity index (χ2v) is 8.76. The van der Waals surface area contributed by atoms with Crippen molar-refractivity contribution in [1.82, 2.24) is 0 Å². The summed E-state index contributed by atoms with van der Waals surface area (Å²) in [4.78, 5) is 13.0. The van der Waals surface area contributed by atoms with E-state index in [1.54, 1.807) is 0 Å². The summed E-state index contributed by atoms with van der Waals surface area (Å²) in [7, 11) is 0. The third kappa shape index (κ3) is 11.0. The lowest BCUT2D eigenvalue weighted by Crippen LogP contribution is -2.32. The number of para-hydroxylation sites is 1. The highest BCUT2D eigenvalue weighted by atomic mass is 16.5. The molecule has 2 aromatic rings. The van der Waals surface area contributed by atoms with E-state index in [1.807, 2.05) is 60.7 Å². The first-order valence-corrected chi connectivity index (χ1v) is 11.9. The maximum absolute atomic E-state index is 13.0. The molecule has 0 spiro atoms. The van der Waals surface area contributed by atoms with Crippen molar-refractivity contribution in [1.29, 1.82) is 0 Å². The lowest BCUT2D eigenvalue weighted by Gasteiger charge is -2.18. The molecule has 0 aliphatic heterocycles. The zero-order chi connectivity index (χ0) is 23.9. The van der Waals surface area contributed by atoms with Crippen LogP contribution in [0, 0.1) is 0 Å². The van der Waals surface area contributed by atoms with Crippen LogP contribution in [-0.4, -0.2) is 25.0 Å². The maximum atomic E-state index is 13.0. The van der Waals surface area contributed by atoms with Crippen LogP contribution in [0.3, 0.4) is 0 Å². The Morgan fingerprint density at radius 2 is 1.39 bits per heavy atom. The summed E-state index contributed by atoms with van der Waals surface area (Å²) >= 11 is 0. The molecule has 1 atom stereocenters. The van der Waals surface area contributed by atoms with Crippen LogP contribution >= 0.6 is 0 Å². The highest BCUT2D eigenvalue weighted by Gasteiger charge is 2.20. The van der Waals surface area contributed by atoms with Crippen LogP contribution in [0.25, 0.3) is 0 Å². The van der Waals surface area contributed by atoms with E-state index in [0.717, 1.165) is 31.4 Å². The molecule has 0 radical (unpaired) electrons. The predicted molar refractivity (Wildman–Crippen MR) is 141 cm³/mol. The molecule has 2 rings (SSSR count). The second-order valence-electron chi connectivity index (χ2n) is 8.76. The standard InChI is InChI=1S/C30H39NO2/c1-24(2)13-11-14-25(3)15-12-16-26(4)21-22-33-29(23-31-28-19-9-6-10-20-28)30(32)27-17-7-5-8-18-27/h5-10,13,15,17-21,29,31H,11-12,14,16,22-23H2,1-4H3/b25-15+,26-21+. The molecule has 0 bridgehead atoms. The van der Waals surface area contributed by atoms with Crippen molar-refractivity contribution < 1.29 is 9.53 Å². The van der Waals surface area contributed by atoms with Gasteiger partial charge in [0.05, 0.1) is 6.61 Å². The topological polar surface area (TPSA) is 38.3 Å². The van der Waals surface area contributed by atoms with E-state index >= 15 is 0 Å². The molecule has 1 N–H and O–H groups in total. The molecule has 176 valence electrons. The van der Waals surface area contributed by atoms with E-state index in [-0.39, 0.29) is 5.78 Å². The molecule has 0 saturated carbocycles. The van der Waals surface area contributed by atoms with Crippen molar-refractivity contribution in [2.24, 2.45) is 0 Å². The molecule has 0 fully saturated rings. The number of hydrogen-bond acceptors (Lipinski definition) is 3. The third-order valence-corrected chi connectivity index (χ3v) is 5.47. The van der Waals surface area contributed by atoms with E-state index in [1.165, 1.54) is 16.7 Å². The summed E-state index contributed by atoms with van der Waals surface area (Å²) in [6.07, 6.45) is 10.4. The first kappa shape index (κ1) is 26.3. The van der Waals surface area contributed by atoms with Crippen LogP contribution in [0.15, 0.2) is 95.6 Å². The molecule has 0 heterocycles. The minimum atomic E-state index is -0.547. The molecule has 2 aromatic carbocycles. The quantitative estimate of drug-likeness (QED) is 0.238. The maximum Gasteiger partial charge on any atom is 0.193 e. The second kappa shape index (κ2) is 15.0. The third-order valence-electron chi connectivity index (χ3n) is 5.47. The number of rotatable bonds is 14. The largest absolute Gasteiger partial charge is 0.382 e. The van der Waals surface area contributed by atoms with Crippen LogP contribution in [0.4, 0.5) is 5.69 Å². The molecule has 0 saturated heterocycles. The molecule has 3 heteroatoms. The van der Waals surface area contributed by atoms with Gasteiger partial charge in [-0.25, -0.2) is 0 Å². The highest BCUT2D eigenvalue weighted by molar-refractivity contribution is 5.99. The van der Waals surface area contributed by atoms with Crippen molar-refractivity contribution >= 4 is 11.5 Å². The molecule has 0 aliphatic carbocycles. The fourth-order valence-electron chi connectivity index (χ4n) is 3.43. The first-order valence-electron chi connectivity index (χ1n) is 11.9. The predicted octanol–water partition coefficient (Wildman–Crippen LogP) is 7.79. The number of hydrogen-bond donors (Lipinski definition) is 1. The Hall–Kier alpha value is -2.91. The first-order chi connectivity index (χ1) is 16.0. The van der Waals surface area contributed by atoms with Crippen LogP contribution in [0.2, 0.25) is 0 Å². The molecular weight excluding hydrogens is 406 g/mol. The fourth-order valence-corrected chi connectivity index (χ4v) is 3.43. The SMILES string of the molecule is CC(C)=CCC/C(C)=C/CC/C(C)=C/COC(CNc1ccccc1)C(=O)c1ccccc1. The average Bonchev–Trinajstić information content (AvgIpc) is 2.82. The number of benzene rings is 2. The smallest absolute Gasteiger partial charge is 0.193 e. The lowest BCUT2D eigenvalue weighted by atomic mass is 10.1. The Labute approximate surface area is 200 Å². The van der Waals surface area contributed by atoms with E-state index in [2.05, 4.69) is 51.2 Å². The minimum absolute atomic E-state index is 0.00000734. The van der Waals surface area contributed by atoms with Gasteiger partial charge in [0.15, 0.2) is 5.78 Å². The Morgan fingerprint density at radius 3 is 2.03 bits per heavy atom. The molecule has 0 amide bonds. The number of ether oxygens (including phenoxy) is 1. The molecule has 0 aromatic heterocycles. The van der Waals surface area contributed by atoms with E-state index in [9.17, 15) is 4.79 Å². The normalized spacial score (nSPS) is 12.8. The monoisotopic (exact) mass is 445 g/mol. The van der Waals surface area contributed by atoms with Gasteiger partial charge in [0.1, 0.15) is 6.10 Å². The summed E-state index contributed by atoms with van der Waals surface area (Å²) in [5, 5.41) is 3.33. The number of anilines is 1. The van der Waals surface area contributed by atoms with E-state index in [0.29, 0.717) is 18.7 Å². The van der Waals surface area contributed by atoms with Gasteiger partial charge < -0.3 is 10.1 Å². The summed E-state index contributed by atoms with van der Waals surface area (Å²) < 4.78 is 6.04. The van der Waals surface area contributed by atoms with Gasteiger partial charge in [-0.3, -0.25) is 4.79 Å². The Balaban J connectivity index is 1.88. The number of Topliss-reactive ketones (excluding diaryl/α,β-unsaturated/α-hetero) is 1. The number of carbonyl (C=O) groups excluding carboxylic acids is 1. The van der Waals surface area contributed by atoms with Crippen molar-refractivity contribution in [2.75, 3.05) is 18.5 Å². The number of carbonyl (C=O) groups is 1. The summed E-state index contributed by atoms with van der Waals surface area (Å²) in [6, 6.07) is 19.3. The molecule has 1 unspecified atom stereocenters. The van der Waals surface area contributed by atoms with Crippen LogP contribution in [0.1, 0.15) is 63.7 Å². The Morgan fingerprint density at radius 1 is 0.818 bits per heavy atom. The zero-order valence-corrected chi connectivity index (χ0v) is 20.6. The van der Waals surface area contributed by atoms with E-state index in [4.69, 9.17) is 4.74 Å². The van der Waals surface area contributed by atoms with Gasteiger partial charge in [0.2, 0.25) is 0 Å². The average molecular weight is 446 g/mol. The van der Waals surface area contributed by atoms with Gasteiger partial charge in [-0.15, -0.1) is 0 Å². The summed E-state index contributed by atoms with van der Waals surface area (Å²) in [5.74, 6) is 0.00000734. The Kier molecular flexibility index (Phi) is 12.0. The summed E-state index contributed by atoms with van der Waals surface area (Å²) in [5.41, 5.74) is 5.75. The lowest BCUT2D eigenvalue weighted by molar-refractivity contribution is 0.0546. The van der Waals surface area contributed by atoms with Crippen LogP contribution in [0.5, 0.6) is 0 Å². The Bertz CT molecular complexity index is 922. The minimum Gasteiger partial charge on any atom is -0.382 e. The van der Waals surface area contributed by atoms with Gasteiger partial charge in [-0.05, 0) is 65.5 Å². The van der Waals surface area contributed by atoms with Gasteiger partial charge in [-0.2, -0.15) is 0 Å². The highest BCUT2D eigenvalue weighted by Crippen LogP contribution is 2.13. The molecule has 3 nitrogen and oxygen atoms in total. The van der Waals surface area contributed by atoms with Crippen LogP contribution in [-0.2, 0) is 4.74 Å².